The summed E-state index contributed by atoms with van der Waals surface area (Å²) < 4.78 is 5.67. The molecule has 2 nitrogen and oxygen atoms in total. The van der Waals surface area contributed by atoms with Crippen LogP contribution in [0, 0.1) is 0 Å². The Hall–Kier alpha value is -1.28. The summed E-state index contributed by atoms with van der Waals surface area (Å²) in [6.07, 6.45) is 4.23. The molecule has 0 aromatic heterocycles. The zero-order chi connectivity index (χ0) is 12.7. The van der Waals surface area contributed by atoms with Crippen LogP contribution in [0.3, 0.4) is 0 Å². The van der Waals surface area contributed by atoms with Gasteiger partial charge in [0.1, 0.15) is 5.75 Å². The standard InChI is InChI=1S/C15H22O2/c1-4-6-11-15(3,16)13-9-7-8-10-14(13)17-12-5-2/h4,7-10,16H,1,5-6,11-12H2,2-3H3. The van der Waals surface area contributed by atoms with Gasteiger partial charge >= 0.3 is 0 Å². The molecule has 0 heterocycles. The Labute approximate surface area is 104 Å². The van der Waals surface area contributed by atoms with Gasteiger partial charge < -0.3 is 9.84 Å². The van der Waals surface area contributed by atoms with Crippen LogP contribution in [-0.4, -0.2) is 11.7 Å². The van der Waals surface area contributed by atoms with Gasteiger partial charge in [-0.05, 0) is 32.3 Å². The molecule has 1 atom stereocenters. The first-order chi connectivity index (χ1) is 8.11. The number of benzene rings is 1. The summed E-state index contributed by atoms with van der Waals surface area (Å²) in [5, 5.41) is 10.5. The van der Waals surface area contributed by atoms with Gasteiger partial charge in [0, 0.05) is 5.56 Å². The zero-order valence-corrected chi connectivity index (χ0v) is 10.8. The summed E-state index contributed by atoms with van der Waals surface area (Å²) in [6.45, 7) is 8.25. The molecular formula is C15H22O2. The molecule has 0 spiro atoms. The molecule has 1 aromatic rings. The molecule has 0 saturated carbocycles. The van der Waals surface area contributed by atoms with E-state index in [1.54, 1.807) is 0 Å². The number of hydrogen-bond acceptors (Lipinski definition) is 2. The third kappa shape index (κ3) is 3.90. The number of para-hydroxylation sites is 1. The first-order valence-corrected chi connectivity index (χ1v) is 6.17. The summed E-state index contributed by atoms with van der Waals surface area (Å²) in [5.74, 6) is 0.781. The van der Waals surface area contributed by atoms with Crippen molar-refractivity contribution >= 4 is 0 Å². The lowest BCUT2D eigenvalue weighted by Gasteiger charge is -2.25. The van der Waals surface area contributed by atoms with E-state index < -0.39 is 5.60 Å². The third-order valence-electron chi connectivity index (χ3n) is 2.76. The molecule has 2 heteroatoms. The van der Waals surface area contributed by atoms with E-state index in [0.717, 1.165) is 24.2 Å². The lowest BCUT2D eigenvalue weighted by molar-refractivity contribution is 0.0455. The van der Waals surface area contributed by atoms with Gasteiger partial charge in [-0.2, -0.15) is 0 Å². The van der Waals surface area contributed by atoms with Crippen LogP contribution in [0.5, 0.6) is 5.75 Å². The second-order valence-corrected chi connectivity index (χ2v) is 4.45. The summed E-state index contributed by atoms with van der Waals surface area (Å²) in [7, 11) is 0. The second-order valence-electron chi connectivity index (χ2n) is 4.45. The largest absolute Gasteiger partial charge is 0.493 e. The van der Waals surface area contributed by atoms with Crippen LogP contribution >= 0.6 is 0 Å². The Balaban J connectivity index is 2.90. The number of aliphatic hydroxyl groups is 1. The van der Waals surface area contributed by atoms with E-state index >= 15 is 0 Å². The van der Waals surface area contributed by atoms with Crippen LogP contribution in [-0.2, 0) is 5.60 Å². The van der Waals surface area contributed by atoms with Gasteiger partial charge in [-0.15, -0.1) is 6.58 Å². The highest BCUT2D eigenvalue weighted by Crippen LogP contribution is 2.33. The highest BCUT2D eigenvalue weighted by Gasteiger charge is 2.25. The van der Waals surface area contributed by atoms with Crippen LogP contribution in [0.25, 0.3) is 0 Å². The molecule has 1 rings (SSSR count). The number of hydrogen-bond donors (Lipinski definition) is 1. The van der Waals surface area contributed by atoms with E-state index in [2.05, 4.69) is 13.5 Å². The molecule has 0 fully saturated rings. The number of allylic oxidation sites excluding steroid dienone is 1. The Morgan fingerprint density at radius 3 is 2.76 bits per heavy atom. The first kappa shape index (κ1) is 13.8. The van der Waals surface area contributed by atoms with E-state index in [1.807, 2.05) is 37.3 Å². The second kappa shape index (κ2) is 6.45. The topological polar surface area (TPSA) is 29.5 Å². The maximum absolute atomic E-state index is 10.5. The van der Waals surface area contributed by atoms with E-state index in [1.165, 1.54) is 0 Å². The molecular weight excluding hydrogens is 212 g/mol. The molecule has 1 N–H and O–H groups in total. The predicted octanol–water partition coefficient (Wildman–Crippen LogP) is 3.65. The molecule has 17 heavy (non-hydrogen) atoms. The maximum Gasteiger partial charge on any atom is 0.125 e. The van der Waals surface area contributed by atoms with Crippen LogP contribution in [0.4, 0.5) is 0 Å². The Morgan fingerprint density at radius 2 is 2.12 bits per heavy atom. The highest BCUT2D eigenvalue weighted by atomic mass is 16.5. The minimum Gasteiger partial charge on any atom is -0.493 e. The molecule has 0 aliphatic heterocycles. The molecule has 0 aliphatic rings. The average Bonchev–Trinajstić information content (AvgIpc) is 2.34. The number of rotatable bonds is 7. The predicted molar refractivity (Wildman–Crippen MR) is 71.2 cm³/mol. The van der Waals surface area contributed by atoms with Gasteiger partial charge in [0.05, 0.1) is 12.2 Å². The number of ether oxygens (including phenoxy) is 1. The summed E-state index contributed by atoms with van der Waals surface area (Å²) in [4.78, 5) is 0. The van der Waals surface area contributed by atoms with Gasteiger partial charge in [0.15, 0.2) is 0 Å². The smallest absolute Gasteiger partial charge is 0.125 e. The SMILES string of the molecule is C=CCCC(C)(O)c1ccccc1OCCC. The minimum atomic E-state index is -0.863. The van der Waals surface area contributed by atoms with Crippen molar-refractivity contribution in [2.24, 2.45) is 0 Å². The molecule has 0 saturated heterocycles. The van der Waals surface area contributed by atoms with Crippen LogP contribution in [0.1, 0.15) is 38.7 Å². The fourth-order valence-corrected chi connectivity index (χ4v) is 1.77. The Kier molecular flexibility index (Phi) is 5.23. The van der Waals surface area contributed by atoms with Crippen molar-refractivity contribution in [2.45, 2.75) is 38.7 Å². The summed E-state index contributed by atoms with van der Waals surface area (Å²) in [6, 6.07) is 7.69. The monoisotopic (exact) mass is 234 g/mol. The molecule has 0 radical (unpaired) electrons. The van der Waals surface area contributed by atoms with Crippen LogP contribution in [0.15, 0.2) is 36.9 Å². The quantitative estimate of drug-likeness (QED) is 0.730. The van der Waals surface area contributed by atoms with Crippen molar-refractivity contribution in [1.82, 2.24) is 0 Å². The van der Waals surface area contributed by atoms with Crippen molar-refractivity contribution in [3.05, 3.63) is 42.5 Å². The lowest BCUT2D eigenvalue weighted by atomic mass is 9.90. The van der Waals surface area contributed by atoms with Crippen molar-refractivity contribution in [3.8, 4) is 5.75 Å². The van der Waals surface area contributed by atoms with Crippen molar-refractivity contribution in [3.63, 3.8) is 0 Å². The van der Waals surface area contributed by atoms with Gasteiger partial charge in [0.2, 0.25) is 0 Å². The normalized spacial score (nSPS) is 14.1. The molecule has 0 aliphatic carbocycles. The molecule has 0 bridgehead atoms. The van der Waals surface area contributed by atoms with Crippen LogP contribution in [0.2, 0.25) is 0 Å². The molecule has 1 aromatic carbocycles. The van der Waals surface area contributed by atoms with Crippen molar-refractivity contribution in [2.75, 3.05) is 6.61 Å². The van der Waals surface area contributed by atoms with E-state index in [4.69, 9.17) is 4.74 Å². The highest BCUT2D eigenvalue weighted by molar-refractivity contribution is 5.37. The summed E-state index contributed by atoms with van der Waals surface area (Å²) >= 11 is 0. The lowest BCUT2D eigenvalue weighted by Crippen LogP contribution is -2.22. The van der Waals surface area contributed by atoms with Crippen molar-refractivity contribution in [1.29, 1.82) is 0 Å². The average molecular weight is 234 g/mol. The van der Waals surface area contributed by atoms with Gasteiger partial charge in [-0.1, -0.05) is 31.2 Å². The molecule has 0 amide bonds. The Morgan fingerprint density at radius 1 is 1.41 bits per heavy atom. The van der Waals surface area contributed by atoms with Crippen molar-refractivity contribution < 1.29 is 9.84 Å². The van der Waals surface area contributed by atoms with E-state index in [-0.39, 0.29) is 0 Å². The van der Waals surface area contributed by atoms with Gasteiger partial charge in [-0.3, -0.25) is 0 Å². The Bertz CT molecular complexity index is 356. The zero-order valence-electron chi connectivity index (χ0n) is 10.8. The van der Waals surface area contributed by atoms with E-state index in [0.29, 0.717) is 13.0 Å². The van der Waals surface area contributed by atoms with Crippen LogP contribution < -0.4 is 4.74 Å². The third-order valence-corrected chi connectivity index (χ3v) is 2.76. The maximum atomic E-state index is 10.5. The fraction of sp³-hybridized carbons (Fsp3) is 0.467. The molecule has 94 valence electrons. The fourth-order valence-electron chi connectivity index (χ4n) is 1.77. The van der Waals surface area contributed by atoms with Gasteiger partial charge in [0.25, 0.3) is 0 Å². The van der Waals surface area contributed by atoms with E-state index in [9.17, 15) is 5.11 Å². The minimum absolute atomic E-state index is 0.656. The summed E-state index contributed by atoms with van der Waals surface area (Å²) in [5.41, 5.74) is -0.00582. The molecule has 1 unspecified atom stereocenters. The first-order valence-electron chi connectivity index (χ1n) is 6.17. The van der Waals surface area contributed by atoms with Gasteiger partial charge in [-0.25, -0.2) is 0 Å².